The maximum absolute atomic E-state index is 13.7. The molecule has 0 radical (unpaired) electrons. The number of nitrogens with zero attached hydrogens (tertiary/aromatic N) is 3. The van der Waals surface area contributed by atoms with E-state index in [1.165, 1.54) is 6.42 Å². The fraction of sp³-hybridized carbons (Fsp3) is 0.429. The van der Waals surface area contributed by atoms with Gasteiger partial charge in [-0.3, -0.25) is 9.36 Å². The van der Waals surface area contributed by atoms with Gasteiger partial charge in [-0.15, -0.1) is 0 Å². The molecule has 5 rings (SSSR count). The highest BCUT2D eigenvalue weighted by molar-refractivity contribution is 5.98. The van der Waals surface area contributed by atoms with E-state index in [9.17, 15) is 9.90 Å². The predicted octanol–water partition coefficient (Wildman–Crippen LogP) is 4.39. The molecule has 184 valence electrons. The highest BCUT2D eigenvalue weighted by Crippen LogP contribution is 2.39. The fourth-order valence-electron chi connectivity index (χ4n) is 5.13. The standard InChI is InChI=1S/C28H34N4O3/c1-4-19(12-11-18(2)28(29)14-8-15-28)24-22(20-9-6-5-7-10-20)23-25(35-24)30-27(31(3)26(23)34)32-16-13-21(33)17-32/h5-7,9-12,21,33H,4,8,13-17,29H2,1-3H3. The largest absolute Gasteiger partial charge is 0.437 e. The molecule has 2 fully saturated rings. The second kappa shape index (κ2) is 9.13. The summed E-state index contributed by atoms with van der Waals surface area (Å²) in [4.78, 5) is 20.4. The van der Waals surface area contributed by atoms with Gasteiger partial charge in [0.25, 0.3) is 5.56 Å². The zero-order valence-electron chi connectivity index (χ0n) is 20.8. The number of aliphatic hydroxyl groups excluding tert-OH is 1. The lowest BCUT2D eigenvalue weighted by Gasteiger charge is -2.39. The molecule has 35 heavy (non-hydrogen) atoms. The van der Waals surface area contributed by atoms with Crippen LogP contribution in [0.15, 0.2) is 57.3 Å². The fourth-order valence-corrected chi connectivity index (χ4v) is 5.13. The number of anilines is 1. The summed E-state index contributed by atoms with van der Waals surface area (Å²) in [7, 11) is 1.73. The Kier molecular flexibility index (Phi) is 6.15. The Morgan fingerprint density at radius 1 is 1.29 bits per heavy atom. The first-order valence-corrected chi connectivity index (χ1v) is 12.5. The average molecular weight is 475 g/mol. The molecular weight excluding hydrogens is 440 g/mol. The van der Waals surface area contributed by atoms with Crippen LogP contribution in [0.2, 0.25) is 0 Å². The minimum Gasteiger partial charge on any atom is -0.437 e. The van der Waals surface area contributed by atoms with Crippen molar-refractivity contribution in [3.05, 3.63) is 64.2 Å². The Bertz CT molecular complexity index is 1360. The molecule has 1 unspecified atom stereocenters. The normalized spacial score (nSPS) is 20.5. The summed E-state index contributed by atoms with van der Waals surface area (Å²) in [6, 6.07) is 9.87. The van der Waals surface area contributed by atoms with E-state index in [2.05, 4.69) is 26.0 Å². The molecule has 3 N–H and O–H groups in total. The predicted molar refractivity (Wildman–Crippen MR) is 140 cm³/mol. The van der Waals surface area contributed by atoms with Gasteiger partial charge in [-0.25, -0.2) is 0 Å². The molecule has 2 aromatic heterocycles. The first-order valence-electron chi connectivity index (χ1n) is 12.5. The zero-order valence-corrected chi connectivity index (χ0v) is 20.8. The molecule has 0 amide bonds. The lowest BCUT2D eigenvalue weighted by Crippen LogP contribution is -2.47. The number of benzene rings is 1. The molecule has 0 spiro atoms. The van der Waals surface area contributed by atoms with Crippen LogP contribution < -0.4 is 16.2 Å². The number of fused-ring (bicyclic) bond motifs is 1. The van der Waals surface area contributed by atoms with Crippen molar-refractivity contribution in [3.8, 4) is 11.1 Å². The van der Waals surface area contributed by atoms with Crippen LogP contribution in [-0.4, -0.2) is 39.4 Å². The third-order valence-corrected chi connectivity index (χ3v) is 7.66. The Balaban J connectivity index is 1.70. The maximum Gasteiger partial charge on any atom is 0.266 e. The third-order valence-electron chi connectivity index (χ3n) is 7.66. The van der Waals surface area contributed by atoms with Crippen molar-refractivity contribution in [2.24, 2.45) is 12.8 Å². The van der Waals surface area contributed by atoms with Crippen molar-refractivity contribution < 1.29 is 9.52 Å². The van der Waals surface area contributed by atoms with Crippen molar-refractivity contribution in [1.29, 1.82) is 0 Å². The molecule has 1 saturated heterocycles. The molecule has 1 aromatic carbocycles. The van der Waals surface area contributed by atoms with Gasteiger partial charge in [0, 0.05) is 31.2 Å². The van der Waals surface area contributed by atoms with Crippen LogP contribution in [0.25, 0.3) is 27.8 Å². The first kappa shape index (κ1) is 23.6. The van der Waals surface area contributed by atoms with Crippen LogP contribution in [0.4, 0.5) is 5.95 Å². The zero-order chi connectivity index (χ0) is 24.7. The monoisotopic (exact) mass is 474 g/mol. The molecular formula is C28H34N4O3. The molecule has 7 heteroatoms. The number of β-amino-alcohol motifs (C(OH)–C–C–N with tert-alkyl or cyclic N) is 1. The summed E-state index contributed by atoms with van der Waals surface area (Å²) in [5.74, 6) is 1.19. The van der Waals surface area contributed by atoms with E-state index >= 15 is 0 Å². The van der Waals surface area contributed by atoms with Gasteiger partial charge in [-0.05, 0) is 50.2 Å². The number of rotatable bonds is 6. The van der Waals surface area contributed by atoms with Gasteiger partial charge in [-0.1, -0.05) is 55.0 Å². The van der Waals surface area contributed by atoms with Crippen molar-refractivity contribution in [1.82, 2.24) is 9.55 Å². The number of hydrogen-bond donors (Lipinski definition) is 2. The highest BCUT2D eigenvalue weighted by Gasteiger charge is 2.34. The topological polar surface area (TPSA) is 97.5 Å². The van der Waals surface area contributed by atoms with Crippen molar-refractivity contribution >= 4 is 22.6 Å². The number of aliphatic hydroxyl groups is 1. The summed E-state index contributed by atoms with van der Waals surface area (Å²) in [6.07, 6.45) is 8.34. The first-order chi connectivity index (χ1) is 16.8. The minimum absolute atomic E-state index is 0.155. The van der Waals surface area contributed by atoms with Crippen LogP contribution in [0.3, 0.4) is 0 Å². The molecule has 0 bridgehead atoms. The molecule has 7 nitrogen and oxygen atoms in total. The van der Waals surface area contributed by atoms with E-state index in [0.717, 1.165) is 41.5 Å². The van der Waals surface area contributed by atoms with Crippen molar-refractivity contribution in [3.63, 3.8) is 0 Å². The lowest BCUT2D eigenvalue weighted by atomic mass is 9.72. The summed E-state index contributed by atoms with van der Waals surface area (Å²) < 4.78 is 7.96. The quantitative estimate of drug-likeness (QED) is 0.515. The van der Waals surface area contributed by atoms with E-state index in [1.807, 2.05) is 35.2 Å². The number of aromatic nitrogens is 2. The van der Waals surface area contributed by atoms with Crippen molar-refractivity contribution in [2.75, 3.05) is 18.0 Å². The van der Waals surface area contributed by atoms with Gasteiger partial charge in [0.2, 0.25) is 11.7 Å². The Morgan fingerprint density at radius 2 is 2.03 bits per heavy atom. The molecule has 2 aliphatic rings. The summed E-state index contributed by atoms with van der Waals surface area (Å²) in [6.45, 7) is 5.28. The van der Waals surface area contributed by atoms with Crippen LogP contribution in [0, 0.1) is 0 Å². The van der Waals surface area contributed by atoms with Crippen LogP contribution >= 0.6 is 0 Å². The van der Waals surface area contributed by atoms with Gasteiger partial charge >= 0.3 is 0 Å². The van der Waals surface area contributed by atoms with Gasteiger partial charge in [0.15, 0.2) is 0 Å². The number of hydrogen-bond acceptors (Lipinski definition) is 6. The molecule has 3 aromatic rings. The summed E-state index contributed by atoms with van der Waals surface area (Å²) in [5, 5.41) is 10.5. The van der Waals surface area contributed by atoms with E-state index in [0.29, 0.717) is 42.3 Å². The van der Waals surface area contributed by atoms with E-state index in [4.69, 9.17) is 15.1 Å². The summed E-state index contributed by atoms with van der Waals surface area (Å²) in [5.41, 5.74) is 10.3. The Labute approximate surface area is 205 Å². The van der Waals surface area contributed by atoms with Crippen LogP contribution in [0.5, 0.6) is 0 Å². The van der Waals surface area contributed by atoms with E-state index in [1.54, 1.807) is 11.6 Å². The second-order valence-corrected chi connectivity index (χ2v) is 9.92. The molecule has 1 saturated carbocycles. The number of nitrogens with two attached hydrogens (primary N) is 1. The minimum atomic E-state index is -0.416. The second-order valence-electron chi connectivity index (χ2n) is 9.92. The Hall–Kier alpha value is -3.16. The smallest absolute Gasteiger partial charge is 0.266 e. The number of furan rings is 1. The molecule has 1 aliphatic heterocycles. The maximum atomic E-state index is 13.7. The van der Waals surface area contributed by atoms with Gasteiger partial charge in [-0.2, -0.15) is 4.98 Å². The number of allylic oxidation sites excluding steroid dienone is 3. The van der Waals surface area contributed by atoms with E-state index in [-0.39, 0.29) is 11.1 Å². The average Bonchev–Trinajstić information content (AvgIpc) is 3.44. The van der Waals surface area contributed by atoms with Crippen molar-refractivity contribution in [2.45, 2.75) is 57.6 Å². The van der Waals surface area contributed by atoms with Gasteiger partial charge in [0.1, 0.15) is 11.1 Å². The summed E-state index contributed by atoms with van der Waals surface area (Å²) >= 11 is 0. The Morgan fingerprint density at radius 3 is 2.63 bits per heavy atom. The van der Waals surface area contributed by atoms with E-state index < -0.39 is 6.10 Å². The molecule has 1 atom stereocenters. The SMILES string of the molecule is CCC(=CC=C(C)C1(N)CCC1)c1oc2nc(N3CCC(O)C3)n(C)c(=O)c2c1-c1ccccc1. The molecule has 3 heterocycles. The van der Waals surface area contributed by atoms with Crippen LogP contribution in [-0.2, 0) is 7.05 Å². The lowest BCUT2D eigenvalue weighted by molar-refractivity contribution is 0.198. The van der Waals surface area contributed by atoms with Gasteiger partial charge < -0.3 is 20.2 Å². The third kappa shape index (κ3) is 4.13. The van der Waals surface area contributed by atoms with Crippen LogP contribution in [0.1, 0.15) is 51.7 Å². The van der Waals surface area contributed by atoms with Gasteiger partial charge in [0.05, 0.1) is 6.10 Å². The molecule has 1 aliphatic carbocycles. The highest BCUT2D eigenvalue weighted by atomic mass is 16.3.